The molecule has 3 rings (SSSR count). The third-order valence-corrected chi connectivity index (χ3v) is 4.91. The maximum absolute atomic E-state index is 13.3. The molecule has 0 saturated carbocycles. The highest BCUT2D eigenvalue weighted by atomic mass is 16.5. The predicted octanol–water partition coefficient (Wildman–Crippen LogP) is 4.10. The van der Waals surface area contributed by atoms with E-state index in [2.05, 4.69) is 5.32 Å². The molecule has 2 aromatic carbocycles. The Balaban J connectivity index is 1.93. The summed E-state index contributed by atoms with van der Waals surface area (Å²) < 4.78 is 16.5. The Kier molecular flexibility index (Phi) is 7.89. The molecule has 2 amide bonds. The molecule has 1 heterocycles. The number of anilines is 1. The highest BCUT2D eigenvalue weighted by Gasteiger charge is 2.39. The van der Waals surface area contributed by atoms with Crippen LogP contribution in [0, 0.1) is 0 Å². The van der Waals surface area contributed by atoms with Gasteiger partial charge in [0.05, 0.1) is 18.8 Å². The van der Waals surface area contributed by atoms with E-state index in [-0.39, 0.29) is 30.2 Å². The number of hydrogen-bond acceptors (Lipinski definition) is 6. The van der Waals surface area contributed by atoms with Crippen LogP contribution in [-0.4, -0.2) is 49.7 Å². The quantitative estimate of drug-likeness (QED) is 0.420. The average molecular weight is 439 g/mol. The van der Waals surface area contributed by atoms with Crippen LogP contribution >= 0.6 is 0 Å². The lowest BCUT2D eigenvalue weighted by Gasteiger charge is -2.15. The Labute approximate surface area is 189 Å². The summed E-state index contributed by atoms with van der Waals surface area (Å²) in [5, 5.41) is 3.16. The van der Waals surface area contributed by atoms with Crippen LogP contribution in [0.3, 0.4) is 0 Å². The molecule has 7 nitrogen and oxygen atoms in total. The van der Waals surface area contributed by atoms with Crippen LogP contribution in [0.5, 0.6) is 11.5 Å². The van der Waals surface area contributed by atoms with E-state index in [1.807, 2.05) is 57.2 Å². The number of amides is 2. The van der Waals surface area contributed by atoms with Gasteiger partial charge in [0.1, 0.15) is 17.2 Å². The van der Waals surface area contributed by atoms with Crippen molar-refractivity contribution < 1.29 is 23.8 Å². The van der Waals surface area contributed by atoms with E-state index in [9.17, 15) is 9.59 Å². The Morgan fingerprint density at radius 1 is 1.00 bits per heavy atom. The number of benzene rings is 2. The zero-order chi connectivity index (χ0) is 23.1. The number of para-hydroxylation sites is 1. The summed E-state index contributed by atoms with van der Waals surface area (Å²) >= 11 is 0. The van der Waals surface area contributed by atoms with Crippen LogP contribution in [0.15, 0.2) is 54.2 Å². The summed E-state index contributed by atoms with van der Waals surface area (Å²) in [6.07, 6.45) is 0.631. The molecular weight excluding hydrogens is 408 g/mol. The van der Waals surface area contributed by atoms with E-state index in [0.29, 0.717) is 42.2 Å². The average Bonchev–Trinajstić information content (AvgIpc) is 3.01. The molecule has 1 N–H and O–H groups in total. The Bertz CT molecular complexity index is 982. The Hall–Kier alpha value is -3.32. The minimum Gasteiger partial charge on any atom is -0.496 e. The highest BCUT2D eigenvalue weighted by Crippen LogP contribution is 2.35. The maximum Gasteiger partial charge on any atom is 0.278 e. The monoisotopic (exact) mass is 438 g/mol. The van der Waals surface area contributed by atoms with Gasteiger partial charge in [-0.2, -0.15) is 0 Å². The summed E-state index contributed by atoms with van der Waals surface area (Å²) in [5.74, 6) is 0.545. The second-order valence-electron chi connectivity index (χ2n) is 7.58. The largest absolute Gasteiger partial charge is 0.496 e. The minimum absolute atomic E-state index is 0.0629. The number of imide groups is 1. The number of nitrogens with zero attached hydrogens (tertiary/aromatic N) is 1. The lowest BCUT2D eigenvalue weighted by atomic mass is 10.0. The molecule has 0 aliphatic carbocycles. The van der Waals surface area contributed by atoms with Crippen molar-refractivity contribution in [3.8, 4) is 11.5 Å². The third-order valence-electron chi connectivity index (χ3n) is 4.91. The molecule has 1 aliphatic heterocycles. The first-order valence-electron chi connectivity index (χ1n) is 10.8. The van der Waals surface area contributed by atoms with E-state index in [0.717, 1.165) is 5.75 Å². The molecule has 170 valence electrons. The number of nitrogens with one attached hydrogen (secondary N) is 1. The van der Waals surface area contributed by atoms with Crippen molar-refractivity contribution >= 4 is 23.1 Å². The fourth-order valence-corrected chi connectivity index (χ4v) is 3.50. The minimum atomic E-state index is -0.366. The fraction of sp³-hybridized carbons (Fsp3) is 0.360. The smallest absolute Gasteiger partial charge is 0.278 e. The molecule has 0 saturated heterocycles. The van der Waals surface area contributed by atoms with Crippen molar-refractivity contribution in [2.75, 3.05) is 32.2 Å². The number of carbonyl (C=O) groups excluding carboxylic acids is 2. The van der Waals surface area contributed by atoms with Crippen LogP contribution in [0.1, 0.15) is 32.8 Å². The standard InChI is InChI=1S/C25H30N2O5/c1-5-31-16-8-15-27-24(28)22(20-9-6-7-10-21(20)30-4)23(25(27)29)26-18-11-13-19(14-12-18)32-17(2)3/h6-7,9-14,17,26H,5,8,15-16H2,1-4H3. The van der Waals surface area contributed by atoms with Gasteiger partial charge < -0.3 is 19.5 Å². The summed E-state index contributed by atoms with van der Waals surface area (Å²) in [7, 11) is 1.54. The van der Waals surface area contributed by atoms with Crippen molar-refractivity contribution in [1.82, 2.24) is 4.90 Å². The normalized spacial score (nSPS) is 13.8. The van der Waals surface area contributed by atoms with Crippen molar-refractivity contribution in [2.45, 2.75) is 33.3 Å². The van der Waals surface area contributed by atoms with Gasteiger partial charge in [-0.3, -0.25) is 14.5 Å². The molecule has 0 fully saturated rings. The predicted molar refractivity (Wildman–Crippen MR) is 124 cm³/mol. The van der Waals surface area contributed by atoms with Gasteiger partial charge in [-0.1, -0.05) is 18.2 Å². The summed E-state index contributed by atoms with van der Waals surface area (Å²) in [4.78, 5) is 27.8. The van der Waals surface area contributed by atoms with Crippen LogP contribution in [0.2, 0.25) is 0 Å². The molecule has 0 aromatic heterocycles. The molecule has 0 radical (unpaired) electrons. The third kappa shape index (κ3) is 5.29. The summed E-state index contributed by atoms with van der Waals surface area (Å²) in [5.41, 5.74) is 1.78. The summed E-state index contributed by atoms with van der Waals surface area (Å²) in [6.45, 7) is 7.18. The van der Waals surface area contributed by atoms with E-state index in [1.165, 1.54) is 4.90 Å². The van der Waals surface area contributed by atoms with Crippen molar-refractivity contribution in [3.05, 3.63) is 59.8 Å². The first-order valence-corrected chi connectivity index (χ1v) is 10.8. The van der Waals surface area contributed by atoms with Gasteiger partial charge in [-0.05, 0) is 57.5 Å². The fourth-order valence-electron chi connectivity index (χ4n) is 3.50. The number of rotatable bonds is 11. The molecule has 0 atom stereocenters. The molecule has 0 spiro atoms. The van der Waals surface area contributed by atoms with Gasteiger partial charge in [-0.25, -0.2) is 0 Å². The first-order chi connectivity index (χ1) is 15.5. The molecule has 2 aromatic rings. The molecular formula is C25H30N2O5. The van der Waals surface area contributed by atoms with Gasteiger partial charge in [0, 0.05) is 31.0 Å². The van der Waals surface area contributed by atoms with Crippen molar-refractivity contribution in [2.24, 2.45) is 0 Å². The van der Waals surface area contributed by atoms with Crippen LogP contribution in [0.4, 0.5) is 5.69 Å². The lowest BCUT2D eigenvalue weighted by molar-refractivity contribution is -0.137. The Morgan fingerprint density at radius 2 is 1.72 bits per heavy atom. The van der Waals surface area contributed by atoms with Gasteiger partial charge in [0.15, 0.2) is 0 Å². The number of ether oxygens (including phenoxy) is 3. The van der Waals surface area contributed by atoms with Crippen LogP contribution in [0.25, 0.3) is 5.57 Å². The van der Waals surface area contributed by atoms with Gasteiger partial charge in [0.2, 0.25) is 0 Å². The van der Waals surface area contributed by atoms with Crippen LogP contribution in [-0.2, 0) is 14.3 Å². The summed E-state index contributed by atoms with van der Waals surface area (Å²) in [6, 6.07) is 14.5. The van der Waals surface area contributed by atoms with Crippen molar-refractivity contribution in [3.63, 3.8) is 0 Å². The van der Waals surface area contributed by atoms with Gasteiger partial charge in [0.25, 0.3) is 11.8 Å². The highest BCUT2D eigenvalue weighted by molar-refractivity contribution is 6.37. The van der Waals surface area contributed by atoms with Crippen molar-refractivity contribution in [1.29, 1.82) is 0 Å². The lowest BCUT2D eigenvalue weighted by Crippen LogP contribution is -2.34. The zero-order valence-electron chi connectivity index (χ0n) is 19.0. The first kappa shape index (κ1) is 23.3. The number of hydrogen-bond donors (Lipinski definition) is 1. The Morgan fingerprint density at radius 3 is 2.38 bits per heavy atom. The van der Waals surface area contributed by atoms with Gasteiger partial charge in [-0.15, -0.1) is 0 Å². The molecule has 7 heteroatoms. The van der Waals surface area contributed by atoms with E-state index >= 15 is 0 Å². The molecule has 1 aliphatic rings. The van der Waals surface area contributed by atoms with E-state index in [1.54, 1.807) is 19.2 Å². The zero-order valence-corrected chi connectivity index (χ0v) is 19.0. The van der Waals surface area contributed by atoms with E-state index in [4.69, 9.17) is 14.2 Å². The van der Waals surface area contributed by atoms with E-state index < -0.39 is 0 Å². The molecule has 32 heavy (non-hydrogen) atoms. The number of methoxy groups -OCH3 is 1. The second-order valence-corrected chi connectivity index (χ2v) is 7.58. The molecule has 0 unspecified atom stereocenters. The second kappa shape index (κ2) is 10.8. The maximum atomic E-state index is 13.3. The molecule has 0 bridgehead atoms. The topological polar surface area (TPSA) is 77.1 Å². The number of carbonyl (C=O) groups is 2. The SMILES string of the molecule is CCOCCCN1C(=O)C(Nc2ccc(OC(C)C)cc2)=C(c2ccccc2OC)C1=O. The van der Waals surface area contributed by atoms with Crippen LogP contribution < -0.4 is 14.8 Å². The van der Waals surface area contributed by atoms with Gasteiger partial charge >= 0.3 is 0 Å².